The number of pyridine rings is 1. The standard InChI is InChI=1S/C19H21F4N5O3S/c1-10-14(16(29)26-12-3-4-25-13(5-12)32(24,30)31)28(27-15(10)17(2,20)21)9-18-6-11(7-18)19(22,23)8-18/h3-5,11H,6-9H2,1-2H3,(H2,24,30,31)(H,25,26,29). The number of nitrogens with zero attached hydrogens (tertiary/aromatic N) is 3. The van der Waals surface area contributed by atoms with Crippen LogP contribution in [0.15, 0.2) is 23.4 Å². The predicted octanol–water partition coefficient (Wildman–Crippen LogP) is 3.03. The molecular weight excluding hydrogens is 454 g/mol. The first-order valence-electron chi connectivity index (χ1n) is 9.75. The molecule has 13 heteroatoms. The number of hydrogen-bond donors (Lipinski definition) is 2. The van der Waals surface area contributed by atoms with Crippen LogP contribution in [0.25, 0.3) is 0 Å². The number of alkyl halides is 4. The zero-order valence-corrected chi connectivity index (χ0v) is 18.0. The number of halogens is 4. The van der Waals surface area contributed by atoms with Gasteiger partial charge in [0.1, 0.15) is 11.4 Å². The summed E-state index contributed by atoms with van der Waals surface area (Å²) in [6, 6.07) is 2.32. The van der Waals surface area contributed by atoms with Crippen LogP contribution in [-0.2, 0) is 22.5 Å². The van der Waals surface area contributed by atoms with Gasteiger partial charge in [0.15, 0.2) is 5.03 Å². The molecule has 2 aromatic heterocycles. The molecule has 8 nitrogen and oxygen atoms in total. The van der Waals surface area contributed by atoms with E-state index in [0.717, 1.165) is 16.9 Å². The Labute approximate surface area is 181 Å². The van der Waals surface area contributed by atoms with Crippen molar-refractivity contribution >= 4 is 21.6 Å². The maximum atomic E-state index is 14.1. The average molecular weight is 475 g/mol. The Morgan fingerprint density at radius 1 is 1.38 bits per heavy atom. The topological polar surface area (TPSA) is 120 Å². The van der Waals surface area contributed by atoms with E-state index in [2.05, 4.69) is 15.4 Å². The van der Waals surface area contributed by atoms with Crippen molar-refractivity contribution in [2.45, 2.75) is 56.5 Å². The van der Waals surface area contributed by atoms with Crippen LogP contribution >= 0.6 is 0 Å². The molecule has 0 saturated heterocycles. The molecule has 2 aromatic rings. The predicted molar refractivity (Wildman–Crippen MR) is 105 cm³/mol. The van der Waals surface area contributed by atoms with Gasteiger partial charge >= 0.3 is 0 Å². The highest BCUT2D eigenvalue weighted by Crippen LogP contribution is 2.66. The molecule has 2 bridgehead atoms. The van der Waals surface area contributed by atoms with Crippen molar-refractivity contribution in [3.8, 4) is 0 Å². The van der Waals surface area contributed by atoms with Crippen molar-refractivity contribution in [3.63, 3.8) is 0 Å². The molecule has 3 saturated carbocycles. The largest absolute Gasteiger partial charge is 0.321 e. The zero-order valence-electron chi connectivity index (χ0n) is 17.2. The van der Waals surface area contributed by atoms with Crippen molar-refractivity contribution < 1.29 is 30.8 Å². The summed E-state index contributed by atoms with van der Waals surface area (Å²) in [7, 11) is -4.14. The summed E-state index contributed by atoms with van der Waals surface area (Å²) < 4.78 is 80.2. The number of rotatable bonds is 6. The van der Waals surface area contributed by atoms with E-state index in [0.29, 0.717) is 6.92 Å². The number of fused-ring (bicyclic) bond motifs is 1. The van der Waals surface area contributed by atoms with Crippen LogP contribution < -0.4 is 10.5 Å². The third-order valence-corrected chi connectivity index (χ3v) is 6.96. The van der Waals surface area contributed by atoms with Crippen molar-refractivity contribution in [2.75, 3.05) is 5.32 Å². The molecule has 0 spiro atoms. The Morgan fingerprint density at radius 3 is 2.56 bits per heavy atom. The quantitative estimate of drug-likeness (QED) is 0.623. The molecule has 3 N–H and O–H groups in total. The second-order valence-corrected chi connectivity index (χ2v) is 10.3. The molecule has 3 aliphatic carbocycles. The number of aromatic nitrogens is 3. The van der Waals surface area contributed by atoms with Crippen LogP contribution in [0, 0.1) is 18.3 Å². The SMILES string of the molecule is Cc1c(C(C)(F)F)nn(CC23CC(C2)C(F)(F)C3)c1C(=O)Nc1ccnc(S(N)(=O)=O)c1. The summed E-state index contributed by atoms with van der Waals surface area (Å²) in [4.78, 5) is 16.6. The van der Waals surface area contributed by atoms with Gasteiger partial charge in [-0.05, 0) is 31.2 Å². The minimum absolute atomic E-state index is 0.0141. The van der Waals surface area contributed by atoms with E-state index in [1.165, 1.54) is 13.0 Å². The number of nitrogens with two attached hydrogens (primary N) is 1. The number of sulfonamides is 1. The lowest BCUT2D eigenvalue weighted by atomic mass is 9.69. The van der Waals surface area contributed by atoms with Gasteiger partial charge in [-0.25, -0.2) is 27.3 Å². The summed E-state index contributed by atoms with van der Waals surface area (Å²) in [5.74, 6) is -7.75. The summed E-state index contributed by atoms with van der Waals surface area (Å²) >= 11 is 0. The van der Waals surface area contributed by atoms with Crippen molar-refractivity contribution in [1.82, 2.24) is 14.8 Å². The number of anilines is 1. The smallest absolute Gasteiger partial charge is 0.289 e. The molecule has 3 fully saturated rings. The first kappa shape index (κ1) is 22.6. The van der Waals surface area contributed by atoms with E-state index in [9.17, 15) is 30.8 Å². The second-order valence-electron chi connectivity index (χ2n) is 8.79. The van der Waals surface area contributed by atoms with Crippen molar-refractivity contribution in [3.05, 3.63) is 35.3 Å². The molecule has 1 amide bonds. The Morgan fingerprint density at radius 2 is 2.03 bits per heavy atom. The molecule has 5 rings (SSSR count). The van der Waals surface area contributed by atoms with Crippen LogP contribution in [0.2, 0.25) is 0 Å². The fourth-order valence-corrected chi connectivity index (χ4v) is 5.28. The lowest BCUT2D eigenvalue weighted by Gasteiger charge is -2.37. The van der Waals surface area contributed by atoms with Gasteiger partial charge in [0, 0.05) is 49.3 Å². The Balaban J connectivity index is 1.68. The minimum Gasteiger partial charge on any atom is -0.321 e. The fourth-order valence-electron chi connectivity index (χ4n) is 4.78. The van der Waals surface area contributed by atoms with E-state index in [1.807, 2.05) is 0 Å². The molecule has 0 aromatic carbocycles. The molecule has 3 aliphatic rings. The Hall–Kier alpha value is -2.54. The summed E-state index contributed by atoms with van der Waals surface area (Å²) in [6.45, 7) is 1.84. The van der Waals surface area contributed by atoms with Gasteiger partial charge in [0.05, 0.1) is 0 Å². The van der Waals surface area contributed by atoms with Gasteiger partial charge in [0.2, 0.25) is 0 Å². The number of primary sulfonamides is 1. The van der Waals surface area contributed by atoms with Crippen LogP contribution in [-0.4, -0.2) is 35.0 Å². The van der Waals surface area contributed by atoms with Gasteiger partial charge < -0.3 is 5.32 Å². The van der Waals surface area contributed by atoms with Crippen LogP contribution in [0.3, 0.4) is 0 Å². The van der Waals surface area contributed by atoms with E-state index < -0.39 is 49.8 Å². The van der Waals surface area contributed by atoms with E-state index in [4.69, 9.17) is 5.14 Å². The highest BCUT2D eigenvalue weighted by molar-refractivity contribution is 7.89. The van der Waals surface area contributed by atoms with E-state index >= 15 is 0 Å². The maximum Gasteiger partial charge on any atom is 0.289 e. The molecule has 32 heavy (non-hydrogen) atoms. The lowest BCUT2D eigenvalue weighted by Crippen LogP contribution is -2.35. The zero-order chi connectivity index (χ0) is 23.7. The van der Waals surface area contributed by atoms with Gasteiger partial charge in [0.25, 0.3) is 27.8 Å². The highest BCUT2D eigenvalue weighted by Gasteiger charge is 2.66. The van der Waals surface area contributed by atoms with Crippen molar-refractivity contribution in [2.24, 2.45) is 16.5 Å². The Kier molecular flexibility index (Phi) is 4.94. The molecular formula is C19H21F4N5O3S. The number of nitrogens with one attached hydrogen (secondary N) is 1. The van der Waals surface area contributed by atoms with Crippen LogP contribution in [0.4, 0.5) is 23.2 Å². The first-order valence-corrected chi connectivity index (χ1v) is 11.3. The summed E-state index contributed by atoms with van der Waals surface area (Å²) in [5.41, 5.74) is -1.71. The monoisotopic (exact) mass is 475 g/mol. The van der Waals surface area contributed by atoms with Gasteiger partial charge in [-0.3, -0.25) is 9.48 Å². The van der Waals surface area contributed by atoms with Crippen LogP contribution in [0.1, 0.15) is 47.9 Å². The number of amides is 1. The van der Waals surface area contributed by atoms with Gasteiger partial charge in [-0.2, -0.15) is 13.9 Å². The van der Waals surface area contributed by atoms with E-state index in [1.54, 1.807) is 0 Å². The number of carbonyl (C=O) groups excluding carboxylic acids is 1. The molecule has 0 radical (unpaired) electrons. The molecule has 0 atom stereocenters. The van der Waals surface area contributed by atoms with Gasteiger partial charge in [-0.15, -0.1) is 0 Å². The molecule has 0 aliphatic heterocycles. The fraction of sp³-hybridized carbons (Fsp3) is 0.526. The highest BCUT2D eigenvalue weighted by atomic mass is 32.2. The summed E-state index contributed by atoms with van der Waals surface area (Å²) in [5, 5.41) is 10.9. The lowest BCUT2D eigenvalue weighted by molar-refractivity contribution is -0.0299. The normalized spacial score (nSPS) is 24.3. The molecule has 174 valence electrons. The first-order chi connectivity index (χ1) is 14.6. The minimum atomic E-state index is -4.14. The van der Waals surface area contributed by atoms with E-state index in [-0.39, 0.29) is 42.8 Å². The molecule has 2 heterocycles. The van der Waals surface area contributed by atoms with Crippen LogP contribution in [0.5, 0.6) is 0 Å². The third-order valence-electron chi connectivity index (χ3n) is 6.16. The Bertz CT molecular complexity index is 1200. The second kappa shape index (κ2) is 6.98. The molecule has 0 unspecified atom stereocenters. The third kappa shape index (κ3) is 3.87. The van der Waals surface area contributed by atoms with Crippen molar-refractivity contribution in [1.29, 1.82) is 0 Å². The number of hydrogen-bond acceptors (Lipinski definition) is 5. The van der Waals surface area contributed by atoms with Gasteiger partial charge in [-0.1, -0.05) is 0 Å². The number of carbonyl (C=O) groups is 1. The summed E-state index contributed by atoms with van der Waals surface area (Å²) in [6.07, 6.45) is 1.20. The maximum absolute atomic E-state index is 14.1. The average Bonchev–Trinajstić information content (AvgIpc) is 3.16.